The maximum absolute atomic E-state index is 11.6. The molecule has 0 radical (unpaired) electrons. The fraction of sp³-hybridized carbons (Fsp3) is 0.667. The molecule has 1 aromatic heterocycles. The van der Waals surface area contributed by atoms with Crippen LogP contribution in [0.3, 0.4) is 0 Å². The van der Waals surface area contributed by atoms with Crippen molar-refractivity contribution < 1.29 is 4.79 Å². The molecule has 94 valence electrons. The molecule has 1 aliphatic heterocycles. The molecule has 2 N–H and O–H groups in total. The minimum Gasteiger partial charge on any atom is -0.356 e. The van der Waals surface area contributed by atoms with E-state index in [1.54, 1.807) is 10.9 Å². The molecule has 0 atom stereocenters. The molecule has 1 amide bonds. The minimum atomic E-state index is 0.124. The van der Waals surface area contributed by atoms with Crippen LogP contribution in [0.1, 0.15) is 19.3 Å². The lowest BCUT2D eigenvalue weighted by Gasteiger charge is -2.22. The highest BCUT2D eigenvalue weighted by molar-refractivity contribution is 5.75. The molecule has 0 aliphatic carbocycles. The Balaban J connectivity index is 1.60. The van der Waals surface area contributed by atoms with E-state index >= 15 is 0 Å². The summed E-state index contributed by atoms with van der Waals surface area (Å²) >= 11 is 0. The molecular formula is C12H20N4O. The van der Waals surface area contributed by atoms with Crippen molar-refractivity contribution in [2.45, 2.75) is 25.8 Å². The van der Waals surface area contributed by atoms with Crippen LogP contribution in [-0.2, 0) is 11.3 Å². The normalized spacial score (nSPS) is 16.9. The average molecular weight is 236 g/mol. The summed E-state index contributed by atoms with van der Waals surface area (Å²) < 4.78 is 1.78. The van der Waals surface area contributed by atoms with Crippen LogP contribution >= 0.6 is 0 Å². The van der Waals surface area contributed by atoms with Crippen LogP contribution < -0.4 is 10.6 Å². The fourth-order valence-electron chi connectivity index (χ4n) is 2.08. The second kappa shape index (κ2) is 6.39. The Morgan fingerprint density at radius 1 is 1.47 bits per heavy atom. The number of aryl methyl sites for hydroxylation is 1. The zero-order valence-electron chi connectivity index (χ0n) is 10.1. The number of hydrogen-bond donors (Lipinski definition) is 2. The van der Waals surface area contributed by atoms with Gasteiger partial charge in [-0.25, -0.2) is 0 Å². The van der Waals surface area contributed by atoms with E-state index < -0.39 is 0 Å². The van der Waals surface area contributed by atoms with Gasteiger partial charge < -0.3 is 10.6 Å². The molecule has 1 aliphatic rings. The molecule has 0 unspecified atom stereocenters. The third kappa shape index (κ3) is 4.19. The Morgan fingerprint density at radius 3 is 3.00 bits per heavy atom. The summed E-state index contributed by atoms with van der Waals surface area (Å²) in [5, 5.41) is 10.4. The van der Waals surface area contributed by atoms with Crippen LogP contribution in [0.25, 0.3) is 0 Å². The molecule has 1 aromatic rings. The maximum Gasteiger partial charge on any atom is 0.221 e. The van der Waals surface area contributed by atoms with Gasteiger partial charge in [-0.15, -0.1) is 0 Å². The van der Waals surface area contributed by atoms with E-state index in [1.807, 2.05) is 12.3 Å². The van der Waals surface area contributed by atoms with Crippen molar-refractivity contribution >= 4 is 5.91 Å². The number of carbonyl (C=O) groups excluding carboxylic acids is 1. The largest absolute Gasteiger partial charge is 0.356 e. The fourth-order valence-corrected chi connectivity index (χ4v) is 2.08. The predicted molar refractivity (Wildman–Crippen MR) is 65.4 cm³/mol. The van der Waals surface area contributed by atoms with Crippen LogP contribution in [-0.4, -0.2) is 35.3 Å². The first-order valence-electron chi connectivity index (χ1n) is 6.29. The standard InChI is InChI=1S/C12H20N4O/c17-12(4-9-16-8-1-5-15-16)14-10-11-2-6-13-7-3-11/h1,5,8,11,13H,2-4,6-7,9-10H2,(H,14,17). The van der Waals surface area contributed by atoms with Crippen molar-refractivity contribution in [1.29, 1.82) is 0 Å². The van der Waals surface area contributed by atoms with E-state index in [4.69, 9.17) is 0 Å². The van der Waals surface area contributed by atoms with Crippen molar-refractivity contribution in [1.82, 2.24) is 20.4 Å². The zero-order chi connectivity index (χ0) is 11.9. The highest BCUT2D eigenvalue weighted by Crippen LogP contribution is 2.09. The molecule has 0 bridgehead atoms. The second-order valence-electron chi connectivity index (χ2n) is 4.52. The van der Waals surface area contributed by atoms with Gasteiger partial charge in [0.2, 0.25) is 5.91 Å². The van der Waals surface area contributed by atoms with Gasteiger partial charge in [0.25, 0.3) is 0 Å². The Labute approximate surface area is 102 Å². The quantitative estimate of drug-likeness (QED) is 0.777. The van der Waals surface area contributed by atoms with Crippen molar-refractivity contribution in [2.24, 2.45) is 5.92 Å². The molecule has 2 heterocycles. The van der Waals surface area contributed by atoms with Crippen LogP contribution in [0.15, 0.2) is 18.5 Å². The van der Waals surface area contributed by atoms with Gasteiger partial charge in [0.1, 0.15) is 0 Å². The van der Waals surface area contributed by atoms with E-state index in [-0.39, 0.29) is 5.91 Å². The summed E-state index contributed by atoms with van der Waals surface area (Å²) in [5.74, 6) is 0.768. The number of piperidine rings is 1. The maximum atomic E-state index is 11.6. The molecule has 5 heteroatoms. The number of nitrogens with one attached hydrogen (secondary N) is 2. The molecular weight excluding hydrogens is 216 g/mol. The van der Waals surface area contributed by atoms with Gasteiger partial charge >= 0.3 is 0 Å². The molecule has 1 fully saturated rings. The Kier molecular flexibility index (Phi) is 4.55. The highest BCUT2D eigenvalue weighted by Gasteiger charge is 2.13. The predicted octanol–water partition coefficient (Wildman–Crippen LogP) is 0.389. The Morgan fingerprint density at radius 2 is 2.29 bits per heavy atom. The van der Waals surface area contributed by atoms with Gasteiger partial charge in [0.05, 0.1) is 0 Å². The Hall–Kier alpha value is -1.36. The van der Waals surface area contributed by atoms with Gasteiger partial charge in [-0.05, 0) is 37.9 Å². The summed E-state index contributed by atoms with van der Waals surface area (Å²) in [4.78, 5) is 11.6. The molecule has 0 spiro atoms. The van der Waals surface area contributed by atoms with Gasteiger partial charge in [0.15, 0.2) is 0 Å². The van der Waals surface area contributed by atoms with Gasteiger partial charge in [-0.2, -0.15) is 5.10 Å². The van der Waals surface area contributed by atoms with Crippen molar-refractivity contribution in [3.63, 3.8) is 0 Å². The molecule has 5 nitrogen and oxygen atoms in total. The lowest BCUT2D eigenvalue weighted by molar-refractivity contribution is -0.121. The van der Waals surface area contributed by atoms with Crippen molar-refractivity contribution in [2.75, 3.05) is 19.6 Å². The van der Waals surface area contributed by atoms with E-state index in [1.165, 1.54) is 12.8 Å². The number of hydrogen-bond acceptors (Lipinski definition) is 3. The number of carbonyl (C=O) groups is 1. The summed E-state index contributed by atoms with van der Waals surface area (Å²) in [5.41, 5.74) is 0. The first-order valence-corrected chi connectivity index (χ1v) is 6.29. The third-order valence-corrected chi connectivity index (χ3v) is 3.17. The molecule has 2 rings (SSSR count). The lowest BCUT2D eigenvalue weighted by atomic mass is 9.98. The van der Waals surface area contributed by atoms with E-state index in [0.29, 0.717) is 18.9 Å². The van der Waals surface area contributed by atoms with Crippen LogP contribution in [0.5, 0.6) is 0 Å². The molecule has 17 heavy (non-hydrogen) atoms. The van der Waals surface area contributed by atoms with Crippen LogP contribution in [0.4, 0.5) is 0 Å². The minimum absolute atomic E-state index is 0.124. The number of rotatable bonds is 5. The highest BCUT2D eigenvalue weighted by atomic mass is 16.1. The second-order valence-corrected chi connectivity index (χ2v) is 4.52. The average Bonchev–Trinajstić information content (AvgIpc) is 2.88. The lowest BCUT2D eigenvalue weighted by Crippen LogP contribution is -2.36. The van der Waals surface area contributed by atoms with Crippen molar-refractivity contribution in [3.05, 3.63) is 18.5 Å². The summed E-state index contributed by atoms with van der Waals surface area (Å²) in [6.45, 7) is 3.63. The molecule has 1 saturated heterocycles. The topological polar surface area (TPSA) is 59.0 Å². The molecule has 0 saturated carbocycles. The number of nitrogens with zero attached hydrogens (tertiary/aromatic N) is 2. The zero-order valence-corrected chi connectivity index (χ0v) is 10.1. The van der Waals surface area contributed by atoms with Gasteiger partial charge in [0, 0.05) is 31.9 Å². The summed E-state index contributed by atoms with van der Waals surface area (Å²) in [6, 6.07) is 1.87. The van der Waals surface area contributed by atoms with Crippen LogP contribution in [0, 0.1) is 5.92 Å². The smallest absolute Gasteiger partial charge is 0.221 e. The number of amides is 1. The molecule has 0 aromatic carbocycles. The van der Waals surface area contributed by atoms with Crippen LogP contribution in [0.2, 0.25) is 0 Å². The van der Waals surface area contributed by atoms with Gasteiger partial charge in [-0.1, -0.05) is 0 Å². The Bertz CT molecular complexity index is 330. The summed E-state index contributed by atoms with van der Waals surface area (Å²) in [6.07, 6.45) is 6.44. The first-order chi connectivity index (χ1) is 8.34. The summed E-state index contributed by atoms with van der Waals surface area (Å²) in [7, 11) is 0. The monoisotopic (exact) mass is 236 g/mol. The van der Waals surface area contributed by atoms with E-state index in [2.05, 4.69) is 15.7 Å². The van der Waals surface area contributed by atoms with Crippen molar-refractivity contribution in [3.8, 4) is 0 Å². The van der Waals surface area contributed by atoms with Gasteiger partial charge in [-0.3, -0.25) is 9.48 Å². The SMILES string of the molecule is O=C(CCn1cccn1)NCC1CCNCC1. The first kappa shape index (κ1) is 12.1. The third-order valence-electron chi connectivity index (χ3n) is 3.17. The van der Waals surface area contributed by atoms with E-state index in [0.717, 1.165) is 19.6 Å². The number of aromatic nitrogens is 2. The van der Waals surface area contributed by atoms with E-state index in [9.17, 15) is 4.79 Å².